The lowest BCUT2D eigenvalue weighted by molar-refractivity contribution is -0.122. The zero-order valence-electron chi connectivity index (χ0n) is 12.6. The summed E-state index contributed by atoms with van der Waals surface area (Å²) in [6.07, 6.45) is 1.84. The highest BCUT2D eigenvalue weighted by molar-refractivity contribution is 7.92. The third-order valence-electron chi connectivity index (χ3n) is 3.15. The molecule has 7 heteroatoms. The molecule has 2 atom stereocenters. The molecule has 1 aromatic rings. The third kappa shape index (κ3) is 4.89. The van der Waals surface area contributed by atoms with Gasteiger partial charge in [-0.05, 0) is 38.5 Å². The molecule has 0 spiro atoms. The van der Waals surface area contributed by atoms with E-state index >= 15 is 0 Å². The summed E-state index contributed by atoms with van der Waals surface area (Å²) in [5, 5.41) is 3.20. The van der Waals surface area contributed by atoms with E-state index in [2.05, 4.69) is 5.32 Å². The van der Waals surface area contributed by atoms with E-state index in [9.17, 15) is 13.2 Å². The van der Waals surface area contributed by atoms with Gasteiger partial charge in [-0.25, -0.2) is 8.42 Å². The molecule has 0 radical (unpaired) electrons. The summed E-state index contributed by atoms with van der Waals surface area (Å²) in [7, 11) is -3.61. The van der Waals surface area contributed by atoms with E-state index < -0.39 is 16.1 Å². The molecule has 0 bridgehead atoms. The predicted octanol–water partition coefficient (Wildman–Crippen LogP) is 2.41. The summed E-state index contributed by atoms with van der Waals surface area (Å²) in [6.45, 7) is 5.37. The standard InChI is InChI=1S/C14H21ClN2O3S/c1-5-10(2)16-14(18)11(3)17(21(4,19)20)13-8-6-7-12(15)9-13/h6-11H,5H2,1-4H3,(H,16,18)/t10-,11-/m1/s1. The summed E-state index contributed by atoms with van der Waals surface area (Å²) in [6, 6.07) is 5.56. The van der Waals surface area contributed by atoms with E-state index in [0.717, 1.165) is 17.0 Å². The van der Waals surface area contributed by atoms with Crippen molar-refractivity contribution >= 4 is 33.2 Å². The highest BCUT2D eigenvalue weighted by atomic mass is 35.5. The van der Waals surface area contributed by atoms with Crippen LogP contribution in [0, 0.1) is 0 Å². The number of hydrogen-bond acceptors (Lipinski definition) is 3. The van der Waals surface area contributed by atoms with Crippen LogP contribution in [-0.2, 0) is 14.8 Å². The largest absolute Gasteiger partial charge is 0.352 e. The van der Waals surface area contributed by atoms with E-state index in [4.69, 9.17) is 11.6 Å². The van der Waals surface area contributed by atoms with Crippen LogP contribution in [0.2, 0.25) is 5.02 Å². The molecule has 1 aromatic carbocycles. The smallest absolute Gasteiger partial charge is 0.243 e. The summed E-state index contributed by atoms with van der Waals surface area (Å²) in [4.78, 5) is 12.2. The van der Waals surface area contributed by atoms with Crippen LogP contribution < -0.4 is 9.62 Å². The SMILES string of the molecule is CC[C@@H](C)NC(=O)[C@@H](C)N(c1cccc(Cl)c1)S(C)(=O)=O. The van der Waals surface area contributed by atoms with Crippen molar-refractivity contribution in [1.82, 2.24) is 5.32 Å². The lowest BCUT2D eigenvalue weighted by Gasteiger charge is -2.29. The Bertz CT molecular complexity index is 604. The number of hydrogen-bond donors (Lipinski definition) is 1. The number of anilines is 1. The molecule has 0 aromatic heterocycles. The number of benzene rings is 1. The molecule has 0 aliphatic heterocycles. The fourth-order valence-corrected chi connectivity index (χ4v) is 3.24. The maximum atomic E-state index is 12.2. The van der Waals surface area contributed by atoms with E-state index in [0.29, 0.717) is 10.7 Å². The molecule has 0 saturated carbocycles. The van der Waals surface area contributed by atoms with E-state index in [1.54, 1.807) is 25.1 Å². The number of amides is 1. The molecule has 0 saturated heterocycles. The maximum absolute atomic E-state index is 12.2. The number of rotatable bonds is 6. The normalized spacial score (nSPS) is 14.3. The van der Waals surface area contributed by atoms with Crippen LogP contribution in [0.4, 0.5) is 5.69 Å². The van der Waals surface area contributed by atoms with Gasteiger partial charge in [0, 0.05) is 11.1 Å². The first-order valence-electron chi connectivity index (χ1n) is 6.72. The van der Waals surface area contributed by atoms with Crippen LogP contribution in [0.25, 0.3) is 0 Å². The maximum Gasteiger partial charge on any atom is 0.243 e. The van der Waals surface area contributed by atoms with E-state index in [1.807, 2.05) is 13.8 Å². The first kappa shape index (κ1) is 17.8. The molecule has 0 aliphatic rings. The Hall–Kier alpha value is -1.27. The summed E-state index contributed by atoms with van der Waals surface area (Å²) in [5.74, 6) is -0.338. The summed E-state index contributed by atoms with van der Waals surface area (Å²) < 4.78 is 25.2. The zero-order chi connectivity index (χ0) is 16.2. The minimum atomic E-state index is -3.61. The Morgan fingerprint density at radius 1 is 1.38 bits per heavy atom. The van der Waals surface area contributed by atoms with Crippen LogP contribution in [-0.4, -0.2) is 32.7 Å². The minimum Gasteiger partial charge on any atom is -0.352 e. The van der Waals surface area contributed by atoms with Crippen molar-refractivity contribution in [1.29, 1.82) is 0 Å². The summed E-state index contributed by atoms with van der Waals surface area (Å²) in [5.41, 5.74) is 0.372. The number of nitrogens with zero attached hydrogens (tertiary/aromatic N) is 1. The van der Waals surface area contributed by atoms with E-state index in [-0.39, 0.29) is 11.9 Å². The summed E-state index contributed by atoms with van der Waals surface area (Å²) >= 11 is 5.91. The molecular weight excluding hydrogens is 312 g/mol. The molecule has 1 amide bonds. The molecule has 0 unspecified atom stereocenters. The van der Waals surface area contributed by atoms with Gasteiger partial charge in [0.25, 0.3) is 0 Å². The van der Waals surface area contributed by atoms with Crippen molar-refractivity contribution in [2.24, 2.45) is 0 Å². The molecule has 5 nitrogen and oxygen atoms in total. The Kier molecular flexibility index (Phi) is 6.04. The van der Waals surface area contributed by atoms with Gasteiger partial charge in [-0.3, -0.25) is 9.10 Å². The monoisotopic (exact) mass is 332 g/mol. The van der Waals surface area contributed by atoms with Crippen LogP contribution >= 0.6 is 11.6 Å². The lowest BCUT2D eigenvalue weighted by atomic mass is 10.2. The molecule has 0 heterocycles. The van der Waals surface area contributed by atoms with Crippen LogP contribution in [0.3, 0.4) is 0 Å². The highest BCUT2D eigenvalue weighted by Gasteiger charge is 2.29. The number of nitrogens with one attached hydrogen (secondary N) is 1. The van der Waals surface area contributed by atoms with Crippen molar-refractivity contribution in [2.75, 3.05) is 10.6 Å². The van der Waals surface area contributed by atoms with Gasteiger partial charge in [-0.2, -0.15) is 0 Å². The molecule has 118 valence electrons. The number of sulfonamides is 1. The van der Waals surface area contributed by atoms with Gasteiger partial charge in [0.1, 0.15) is 6.04 Å². The zero-order valence-corrected chi connectivity index (χ0v) is 14.2. The van der Waals surface area contributed by atoms with Crippen molar-refractivity contribution in [2.45, 2.75) is 39.3 Å². The van der Waals surface area contributed by atoms with Gasteiger partial charge >= 0.3 is 0 Å². The Balaban J connectivity index is 3.13. The Morgan fingerprint density at radius 3 is 2.48 bits per heavy atom. The second-order valence-electron chi connectivity index (χ2n) is 5.03. The topological polar surface area (TPSA) is 66.5 Å². The van der Waals surface area contributed by atoms with Crippen LogP contribution in [0.5, 0.6) is 0 Å². The molecule has 1 N–H and O–H groups in total. The fraction of sp³-hybridized carbons (Fsp3) is 0.500. The lowest BCUT2D eigenvalue weighted by Crippen LogP contribution is -2.49. The van der Waals surface area contributed by atoms with Crippen molar-refractivity contribution in [3.63, 3.8) is 0 Å². The van der Waals surface area contributed by atoms with Gasteiger partial charge in [0.15, 0.2) is 0 Å². The van der Waals surface area contributed by atoms with Crippen LogP contribution in [0.15, 0.2) is 24.3 Å². The van der Waals surface area contributed by atoms with Gasteiger partial charge < -0.3 is 5.32 Å². The van der Waals surface area contributed by atoms with Crippen molar-refractivity contribution in [3.8, 4) is 0 Å². The number of carbonyl (C=O) groups excluding carboxylic acids is 1. The van der Waals surface area contributed by atoms with Crippen LogP contribution in [0.1, 0.15) is 27.2 Å². The molecule has 0 fully saturated rings. The van der Waals surface area contributed by atoms with Gasteiger partial charge in [-0.15, -0.1) is 0 Å². The third-order valence-corrected chi connectivity index (χ3v) is 4.63. The van der Waals surface area contributed by atoms with Gasteiger partial charge in [0.05, 0.1) is 11.9 Å². The quantitative estimate of drug-likeness (QED) is 0.870. The molecule has 1 rings (SSSR count). The Labute approximate surface area is 131 Å². The molecular formula is C14H21ClN2O3S. The molecule has 0 aliphatic carbocycles. The fourth-order valence-electron chi connectivity index (χ4n) is 1.89. The van der Waals surface area contributed by atoms with Crippen molar-refractivity contribution in [3.05, 3.63) is 29.3 Å². The number of carbonyl (C=O) groups is 1. The van der Waals surface area contributed by atoms with E-state index in [1.165, 1.54) is 6.07 Å². The van der Waals surface area contributed by atoms with Gasteiger partial charge in [-0.1, -0.05) is 24.6 Å². The predicted molar refractivity (Wildman–Crippen MR) is 86.1 cm³/mol. The first-order valence-corrected chi connectivity index (χ1v) is 8.94. The highest BCUT2D eigenvalue weighted by Crippen LogP contribution is 2.24. The second-order valence-corrected chi connectivity index (χ2v) is 7.33. The van der Waals surface area contributed by atoms with Crippen molar-refractivity contribution < 1.29 is 13.2 Å². The molecule has 21 heavy (non-hydrogen) atoms. The van der Waals surface area contributed by atoms with Gasteiger partial charge in [0.2, 0.25) is 15.9 Å². The first-order chi connectivity index (χ1) is 9.66. The number of halogens is 1. The minimum absolute atomic E-state index is 0.0132. The Morgan fingerprint density at radius 2 is 2.00 bits per heavy atom. The second kappa shape index (κ2) is 7.13. The average Bonchev–Trinajstić information content (AvgIpc) is 2.36. The average molecular weight is 333 g/mol.